The second-order valence-electron chi connectivity index (χ2n) is 16.1. The normalized spacial score (nSPS) is 25.5. The molecule has 8 nitrogen and oxygen atoms in total. The van der Waals surface area contributed by atoms with E-state index >= 15 is 4.39 Å². The molecular weight excluding hydrogens is 629 g/mol. The predicted octanol–water partition coefficient (Wildman–Crippen LogP) is 6.39. The zero-order chi connectivity index (χ0) is 34.3. The third-order valence-electron chi connectivity index (χ3n) is 12.1. The van der Waals surface area contributed by atoms with Crippen molar-refractivity contribution in [2.45, 2.75) is 64.5 Å². The van der Waals surface area contributed by atoms with Gasteiger partial charge in [-0.25, -0.2) is 4.39 Å². The largest absolute Gasteiger partial charge is 0.508 e. The standard InChI is InChI=1S/C41H46FN5O3/c1-5-31-24(4)6-7-25-12-30(48)13-33(35(25)31)36-32(23(2)3)14-34-38(37(36)42)44-40(45-39(34)47-17-28-8-9-29(18-47)43-28)50-22-41(10-11-41)21-46-15-26-19-49-20-27(26)16-46/h1,6-7,12-14,23,26-29,43,48H,8-11,15-22H2,2-4H3. The number of aryl methyl sites for hydroxylation is 1. The van der Waals surface area contributed by atoms with E-state index in [1.54, 1.807) is 12.1 Å². The Morgan fingerprint density at radius 3 is 2.50 bits per heavy atom. The maximum absolute atomic E-state index is 17.6. The molecule has 1 aliphatic carbocycles. The lowest BCUT2D eigenvalue weighted by atomic mass is 9.86. The molecule has 4 saturated heterocycles. The Kier molecular flexibility index (Phi) is 7.72. The number of nitrogens with one attached hydrogen (secondary N) is 1. The summed E-state index contributed by atoms with van der Waals surface area (Å²) >= 11 is 0. The first-order valence-electron chi connectivity index (χ1n) is 18.4. The maximum Gasteiger partial charge on any atom is 0.319 e. The molecule has 0 amide bonds. The third kappa shape index (κ3) is 5.47. The van der Waals surface area contributed by atoms with Gasteiger partial charge in [0.05, 0.1) is 19.8 Å². The number of phenolic OH excluding ortho intramolecular Hbond substituents is 1. The monoisotopic (exact) mass is 675 g/mol. The molecule has 1 saturated carbocycles. The fourth-order valence-corrected chi connectivity index (χ4v) is 9.28. The zero-order valence-corrected chi connectivity index (χ0v) is 29.3. The van der Waals surface area contributed by atoms with Gasteiger partial charge < -0.3 is 29.7 Å². The average molecular weight is 676 g/mol. The van der Waals surface area contributed by atoms with Gasteiger partial charge in [-0.05, 0) is 78.8 Å². The summed E-state index contributed by atoms with van der Waals surface area (Å²) in [6.07, 6.45) is 10.5. The fraction of sp³-hybridized carbons (Fsp3) is 0.512. The summed E-state index contributed by atoms with van der Waals surface area (Å²) in [6.45, 7) is 13.1. The van der Waals surface area contributed by atoms with E-state index in [-0.39, 0.29) is 28.6 Å². The Hall–Kier alpha value is -3.97. The van der Waals surface area contributed by atoms with Crippen LogP contribution in [-0.2, 0) is 4.74 Å². The SMILES string of the molecule is C#Cc1c(C)ccc2cc(O)cc(-c3c(C(C)C)cc4c(N5CC6CCC(C5)N6)nc(OCC5(CN6CC7COCC7C6)CC5)nc4c3F)c12. The number of hydrogen-bond acceptors (Lipinski definition) is 8. The van der Waals surface area contributed by atoms with Gasteiger partial charge in [0.15, 0.2) is 5.82 Å². The van der Waals surface area contributed by atoms with Gasteiger partial charge in [0.1, 0.15) is 17.1 Å². The number of piperazine rings is 1. The van der Waals surface area contributed by atoms with Crippen molar-refractivity contribution in [3.05, 3.63) is 52.8 Å². The Bertz CT molecular complexity index is 2030. The van der Waals surface area contributed by atoms with Crippen LogP contribution < -0.4 is 15.0 Å². The molecule has 5 aliphatic rings. The molecule has 5 heterocycles. The molecular formula is C41H46FN5O3. The van der Waals surface area contributed by atoms with E-state index in [1.165, 1.54) is 0 Å². The van der Waals surface area contributed by atoms with Gasteiger partial charge in [0, 0.05) is 84.0 Å². The number of anilines is 1. The van der Waals surface area contributed by atoms with E-state index in [9.17, 15) is 5.11 Å². The molecule has 2 bridgehead atoms. The van der Waals surface area contributed by atoms with E-state index in [1.807, 2.05) is 19.1 Å². The van der Waals surface area contributed by atoms with Crippen molar-refractivity contribution in [2.75, 3.05) is 57.4 Å². The Morgan fingerprint density at radius 1 is 1.08 bits per heavy atom. The van der Waals surface area contributed by atoms with E-state index in [0.717, 1.165) is 99.3 Å². The third-order valence-corrected chi connectivity index (χ3v) is 12.1. The van der Waals surface area contributed by atoms with Crippen LogP contribution in [0.1, 0.15) is 62.1 Å². The summed E-state index contributed by atoms with van der Waals surface area (Å²) in [5, 5.41) is 16.8. The average Bonchev–Trinajstić information content (AvgIpc) is 3.34. The van der Waals surface area contributed by atoms with Crippen molar-refractivity contribution in [1.82, 2.24) is 20.2 Å². The van der Waals surface area contributed by atoms with Gasteiger partial charge in [0.25, 0.3) is 0 Å². The second-order valence-corrected chi connectivity index (χ2v) is 16.1. The number of aromatic nitrogens is 2. The molecule has 0 spiro atoms. The number of aromatic hydroxyl groups is 1. The van der Waals surface area contributed by atoms with Crippen LogP contribution in [0.5, 0.6) is 11.8 Å². The van der Waals surface area contributed by atoms with Gasteiger partial charge in [0.2, 0.25) is 0 Å². The predicted molar refractivity (Wildman–Crippen MR) is 194 cm³/mol. The number of hydrogen-bond donors (Lipinski definition) is 2. The molecule has 1 aromatic heterocycles. The van der Waals surface area contributed by atoms with Crippen LogP contribution in [0.4, 0.5) is 10.2 Å². The summed E-state index contributed by atoms with van der Waals surface area (Å²) in [5.74, 6) is 4.45. The molecule has 4 aromatic rings. The number of rotatable bonds is 8. The number of fused-ring (bicyclic) bond motifs is 5. The van der Waals surface area contributed by atoms with Crippen molar-refractivity contribution in [2.24, 2.45) is 17.3 Å². The van der Waals surface area contributed by atoms with Crippen LogP contribution in [0.2, 0.25) is 0 Å². The number of terminal acetylenes is 1. The van der Waals surface area contributed by atoms with Gasteiger partial charge in [-0.15, -0.1) is 6.42 Å². The Morgan fingerprint density at radius 2 is 1.82 bits per heavy atom. The van der Waals surface area contributed by atoms with Crippen molar-refractivity contribution >= 4 is 27.5 Å². The van der Waals surface area contributed by atoms with Crippen molar-refractivity contribution < 1.29 is 19.0 Å². The highest BCUT2D eigenvalue weighted by Crippen LogP contribution is 2.48. The maximum atomic E-state index is 17.6. The van der Waals surface area contributed by atoms with Gasteiger partial charge in [-0.2, -0.15) is 9.97 Å². The highest BCUT2D eigenvalue weighted by atomic mass is 19.1. The fourth-order valence-electron chi connectivity index (χ4n) is 9.28. The van der Waals surface area contributed by atoms with Gasteiger partial charge >= 0.3 is 6.01 Å². The molecule has 3 aromatic carbocycles. The molecule has 0 radical (unpaired) electrons. The number of ether oxygens (including phenoxy) is 2. The van der Waals surface area contributed by atoms with Crippen LogP contribution in [0.25, 0.3) is 32.8 Å². The topological polar surface area (TPSA) is 83.0 Å². The first kappa shape index (κ1) is 32.0. The molecule has 50 heavy (non-hydrogen) atoms. The Balaban J connectivity index is 1.16. The lowest BCUT2D eigenvalue weighted by Crippen LogP contribution is -2.51. The Labute approximate surface area is 293 Å². The molecule has 9 heteroatoms. The van der Waals surface area contributed by atoms with Crippen LogP contribution in [0.15, 0.2) is 30.3 Å². The van der Waals surface area contributed by atoms with Crippen molar-refractivity contribution in [3.8, 4) is 35.2 Å². The molecule has 9 rings (SSSR count). The highest BCUT2D eigenvalue weighted by Gasteiger charge is 2.48. The number of phenols is 1. The lowest BCUT2D eigenvalue weighted by molar-refractivity contribution is 0.131. The number of nitrogens with zero attached hydrogens (tertiary/aromatic N) is 4. The molecule has 4 aliphatic heterocycles. The van der Waals surface area contributed by atoms with Gasteiger partial charge in [-0.1, -0.05) is 31.9 Å². The second kappa shape index (κ2) is 12.1. The van der Waals surface area contributed by atoms with E-state index in [2.05, 4.69) is 41.0 Å². The van der Waals surface area contributed by atoms with Crippen LogP contribution in [-0.4, -0.2) is 84.6 Å². The zero-order valence-electron chi connectivity index (χ0n) is 29.3. The van der Waals surface area contributed by atoms with Crippen LogP contribution >= 0.6 is 0 Å². The first-order chi connectivity index (χ1) is 24.2. The minimum atomic E-state index is -0.443. The highest BCUT2D eigenvalue weighted by molar-refractivity contribution is 6.05. The van der Waals surface area contributed by atoms with Gasteiger partial charge in [-0.3, -0.25) is 0 Å². The van der Waals surface area contributed by atoms with Crippen LogP contribution in [0, 0.1) is 42.3 Å². The number of halogens is 1. The number of likely N-dealkylation sites (tertiary alicyclic amines) is 1. The van der Waals surface area contributed by atoms with Crippen LogP contribution in [0.3, 0.4) is 0 Å². The summed E-state index contributed by atoms with van der Waals surface area (Å²) in [6, 6.07) is 10.3. The molecule has 4 unspecified atom stereocenters. The summed E-state index contributed by atoms with van der Waals surface area (Å²) in [4.78, 5) is 14.8. The minimum absolute atomic E-state index is 0.0326. The van der Waals surface area contributed by atoms with Crippen molar-refractivity contribution in [3.63, 3.8) is 0 Å². The molecule has 260 valence electrons. The summed E-state index contributed by atoms with van der Waals surface area (Å²) < 4.78 is 29.8. The lowest BCUT2D eigenvalue weighted by Gasteiger charge is -2.34. The first-order valence-corrected chi connectivity index (χ1v) is 18.4. The van der Waals surface area contributed by atoms with E-state index < -0.39 is 5.82 Å². The summed E-state index contributed by atoms with van der Waals surface area (Å²) in [7, 11) is 0. The van der Waals surface area contributed by atoms with E-state index in [4.69, 9.17) is 25.9 Å². The smallest absolute Gasteiger partial charge is 0.319 e. The summed E-state index contributed by atoms with van der Waals surface area (Å²) in [5.41, 5.74) is 3.72. The minimum Gasteiger partial charge on any atom is -0.508 e. The van der Waals surface area contributed by atoms with E-state index in [0.29, 0.717) is 52.6 Å². The number of benzene rings is 3. The molecule has 5 fully saturated rings. The quantitative estimate of drug-likeness (QED) is 0.208. The molecule has 2 N–H and O–H groups in total. The van der Waals surface area contributed by atoms with Crippen molar-refractivity contribution in [1.29, 1.82) is 0 Å². The molecule has 4 atom stereocenters.